The first kappa shape index (κ1) is 18.2. The van der Waals surface area contributed by atoms with Crippen molar-refractivity contribution in [3.8, 4) is 0 Å². The van der Waals surface area contributed by atoms with Crippen LogP contribution in [-0.2, 0) is 4.79 Å². The molecule has 2 N–H and O–H groups in total. The van der Waals surface area contributed by atoms with Crippen molar-refractivity contribution in [3.05, 3.63) is 70.7 Å². The van der Waals surface area contributed by atoms with Crippen LogP contribution in [-0.4, -0.2) is 22.8 Å². The predicted molar refractivity (Wildman–Crippen MR) is 94.0 cm³/mol. The summed E-state index contributed by atoms with van der Waals surface area (Å²) in [5, 5.41) is 13.4. The molecule has 2 rings (SSSR count). The van der Waals surface area contributed by atoms with Crippen LogP contribution in [0, 0.1) is 0 Å². The van der Waals surface area contributed by atoms with Crippen molar-refractivity contribution >= 4 is 23.3 Å². The topological polar surface area (TPSA) is 66.4 Å². The van der Waals surface area contributed by atoms with E-state index < -0.39 is 6.10 Å². The quantitative estimate of drug-likeness (QED) is 0.754. The third-order valence-electron chi connectivity index (χ3n) is 3.63. The van der Waals surface area contributed by atoms with Crippen LogP contribution < -0.4 is 5.32 Å². The third-order valence-corrected chi connectivity index (χ3v) is 3.88. The van der Waals surface area contributed by atoms with E-state index in [1.165, 1.54) is 0 Å². The van der Waals surface area contributed by atoms with Crippen LogP contribution in [0.25, 0.3) is 0 Å². The zero-order valence-corrected chi connectivity index (χ0v) is 14.2. The minimum Gasteiger partial charge on any atom is -0.388 e. The van der Waals surface area contributed by atoms with Gasteiger partial charge >= 0.3 is 0 Å². The van der Waals surface area contributed by atoms with Crippen molar-refractivity contribution in [1.29, 1.82) is 0 Å². The maximum atomic E-state index is 12.1. The lowest BCUT2D eigenvalue weighted by Gasteiger charge is -2.16. The second kappa shape index (κ2) is 8.62. The first-order chi connectivity index (χ1) is 11.5. The average molecular weight is 346 g/mol. The number of amides is 1. The fourth-order valence-corrected chi connectivity index (χ4v) is 2.51. The normalized spacial score (nSPS) is 13.1. The van der Waals surface area contributed by atoms with E-state index in [9.17, 15) is 14.7 Å². The monoisotopic (exact) mass is 345 g/mol. The maximum Gasteiger partial charge on any atom is 0.223 e. The highest BCUT2D eigenvalue weighted by molar-refractivity contribution is 6.30. The van der Waals surface area contributed by atoms with Gasteiger partial charge in [-0.15, -0.1) is 0 Å². The van der Waals surface area contributed by atoms with Gasteiger partial charge in [0, 0.05) is 23.0 Å². The molecule has 0 saturated heterocycles. The molecule has 4 nitrogen and oxygen atoms in total. The van der Waals surface area contributed by atoms with E-state index in [1.54, 1.807) is 55.5 Å². The van der Waals surface area contributed by atoms with E-state index in [2.05, 4.69) is 5.32 Å². The van der Waals surface area contributed by atoms with Gasteiger partial charge in [0.1, 0.15) is 0 Å². The Morgan fingerprint density at radius 1 is 1.04 bits per heavy atom. The molecule has 0 heterocycles. The number of Topliss-reactive ketones (excluding diaryl/α,β-unsaturated/α-hetero) is 1. The Labute approximate surface area is 146 Å². The van der Waals surface area contributed by atoms with Crippen LogP contribution in [0.5, 0.6) is 0 Å². The lowest BCUT2D eigenvalue weighted by Crippen LogP contribution is -2.35. The molecule has 0 spiro atoms. The van der Waals surface area contributed by atoms with Crippen molar-refractivity contribution in [3.63, 3.8) is 0 Å². The number of hydrogen-bond acceptors (Lipinski definition) is 3. The molecule has 2 atom stereocenters. The van der Waals surface area contributed by atoms with Crippen LogP contribution in [0.1, 0.15) is 41.8 Å². The Kier molecular flexibility index (Phi) is 6.53. The standard InChI is InChI=1S/C19H20ClNO3/c1-13(11-17(22)14-5-3-2-4-6-14)21-19(24)12-18(23)15-7-9-16(20)10-8-15/h2-10,13,18,23H,11-12H2,1H3,(H,21,24). The van der Waals surface area contributed by atoms with Crippen molar-refractivity contribution in [2.24, 2.45) is 0 Å². The smallest absolute Gasteiger partial charge is 0.223 e. The lowest BCUT2D eigenvalue weighted by molar-refractivity contribution is -0.123. The first-order valence-corrected chi connectivity index (χ1v) is 8.14. The summed E-state index contributed by atoms with van der Waals surface area (Å²) in [6, 6.07) is 15.4. The highest BCUT2D eigenvalue weighted by atomic mass is 35.5. The Morgan fingerprint density at radius 2 is 1.67 bits per heavy atom. The van der Waals surface area contributed by atoms with E-state index in [0.29, 0.717) is 16.1 Å². The van der Waals surface area contributed by atoms with Gasteiger partial charge in [0.25, 0.3) is 0 Å². The number of carbonyl (C=O) groups excluding carboxylic acids is 2. The lowest BCUT2D eigenvalue weighted by atomic mass is 10.0. The second-order valence-electron chi connectivity index (χ2n) is 5.73. The van der Waals surface area contributed by atoms with Crippen LogP contribution in [0.2, 0.25) is 5.02 Å². The summed E-state index contributed by atoms with van der Waals surface area (Å²) < 4.78 is 0. The number of ketones is 1. The molecule has 0 radical (unpaired) electrons. The maximum absolute atomic E-state index is 12.1. The molecule has 2 unspecified atom stereocenters. The molecule has 5 heteroatoms. The summed E-state index contributed by atoms with van der Waals surface area (Å²) in [4.78, 5) is 24.1. The molecule has 0 aliphatic heterocycles. The third kappa shape index (κ3) is 5.48. The molecule has 0 aromatic heterocycles. The number of nitrogens with one attached hydrogen (secondary N) is 1. The van der Waals surface area contributed by atoms with Gasteiger partial charge in [-0.2, -0.15) is 0 Å². The minimum absolute atomic E-state index is 0.0263. The van der Waals surface area contributed by atoms with E-state index in [0.717, 1.165) is 0 Å². The van der Waals surface area contributed by atoms with Crippen molar-refractivity contribution in [2.75, 3.05) is 0 Å². The van der Waals surface area contributed by atoms with Gasteiger partial charge in [0.2, 0.25) is 5.91 Å². The van der Waals surface area contributed by atoms with Crippen LogP contribution in [0.3, 0.4) is 0 Å². The van der Waals surface area contributed by atoms with Gasteiger partial charge in [-0.25, -0.2) is 0 Å². The summed E-state index contributed by atoms with van der Waals surface area (Å²) >= 11 is 5.80. The van der Waals surface area contributed by atoms with E-state index in [1.807, 2.05) is 6.07 Å². The van der Waals surface area contributed by atoms with Gasteiger partial charge in [0.15, 0.2) is 5.78 Å². The predicted octanol–water partition coefficient (Wildman–Crippen LogP) is 3.54. The number of aliphatic hydroxyl groups is 1. The summed E-state index contributed by atoms with van der Waals surface area (Å²) in [5.41, 5.74) is 1.25. The largest absolute Gasteiger partial charge is 0.388 e. The molecule has 2 aromatic rings. The summed E-state index contributed by atoms with van der Waals surface area (Å²) in [6.45, 7) is 1.77. The summed E-state index contributed by atoms with van der Waals surface area (Å²) in [7, 11) is 0. The molecule has 126 valence electrons. The second-order valence-corrected chi connectivity index (χ2v) is 6.17. The van der Waals surface area contributed by atoms with E-state index in [4.69, 9.17) is 11.6 Å². The van der Waals surface area contributed by atoms with E-state index in [-0.39, 0.29) is 30.6 Å². The summed E-state index contributed by atoms with van der Waals surface area (Å²) in [5.74, 6) is -0.326. The zero-order chi connectivity index (χ0) is 17.5. The van der Waals surface area contributed by atoms with Crippen molar-refractivity contribution < 1.29 is 14.7 Å². The van der Waals surface area contributed by atoms with Gasteiger partial charge in [-0.1, -0.05) is 54.1 Å². The number of aliphatic hydroxyl groups excluding tert-OH is 1. The highest BCUT2D eigenvalue weighted by Crippen LogP contribution is 2.19. The molecule has 0 aliphatic carbocycles. The highest BCUT2D eigenvalue weighted by Gasteiger charge is 2.17. The van der Waals surface area contributed by atoms with Gasteiger partial charge in [0.05, 0.1) is 12.5 Å². The molecule has 24 heavy (non-hydrogen) atoms. The molecular weight excluding hydrogens is 326 g/mol. The van der Waals surface area contributed by atoms with Crippen molar-refractivity contribution in [1.82, 2.24) is 5.32 Å². The minimum atomic E-state index is -0.903. The van der Waals surface area contributed by atoms with Gasteiger partial charge < -0.3 is 10.4 Å². The van der Waals surface area contributed by atoms with Crippen LogP contribution in [0.4, 0.5) is 0 Å². The number of carbonyl (C=O) groups is 2. The van der Waals surface area contributed by atoms with E-state index >= 15 is 0 Å². The number of benzene rings is 2. The molecule has 0 saturated carbocycles. The van der Waals surface area contributed by atoms with Crippen LogP contribution >= 0.6 is 11.6 Å². The molecule has 0 aliphatic rings. The first-order valence-electron chi connectivity index (χ1n) is 7.77. The molecule has 1 amide bonds. The zero-order valence-electron chi connectivity index (χ0n) is 13.4. The summed E-state index contributed by atoms with van der Waals surface area (Å²) in [6.07, 6.45) is -0.752. The van der Waals surface area contributed by atoms with Gasteiger partial charge in [-0.3, -0.25) is 9.59 Å². The SMILES string of the molecule is CC(CC(=O)c1ccccc1)NC(=O)CC(O)c1ccc(Cl)cc1. The number of rotatable bonds is 7. The molecular formula is C19H20ClNO3. The number of halogens is 1. The molecule has 2 aromatic carbocycles. The number of hydrogen-bond donors (Lipinski definition) is 2. The Balaban J connectivity index is 1.83. The fraction of sp³-hybridized carbons (Fsp3) is 0.263. The fourth-order valence-electron chi connectivity index (χ4n) is 2.38. The van der Waals surface area contributed by atoms with Crippen LogP contribution in [0.15, 0.2) is 54.6 Å². The molecule has 0 bridgehead atoms. The Bertz CT molecular complexity index is 686. The average Bonchev–Trinajstić information content (AvgIpc) is 2.55. The Morgan fingerprint density at radius 3 is 2.29 bits per heavy atom. The van der Waals surface area contributed by atoms with Gasteiger partial charge in [-0.05, 0) is 24.6 Å². The Hall–Kier alpha value is -2.17. The molecule has 0 fully saturated rings. The van der Waals surface area contributed by atoms with Crippen molar-refractivity contribution in [2.45, 2.75) is 31.9 Å².